The van der Waals surface area contributed by atoms with Gasteiger partial charge in [-0.05, 0) is 6.07 Å². The summed E-state index contributed by atoms with van der Waals surface area (Å²) < 4.78 is 5.72. The zero-order valence-electron chi connectivity index (χ0n) is 8.02. The second kappa shape index (κ2) is 5.85. The van der Waals surface area contributed by atoms with E-state index >= 15 is 0 Å². The highest BCUT2D eigenvalue weighted by Crippen LogP contribution is 2.16. The fourth-order valence-electron chi connectivity index (χ4n) is 0.957. The molecule has 1 aromatic rings. The molecule has 0 heterocycles. The standard InChI is InChI=1S/C10H12BrNO3/c11-8-4-2-1-3-7(8)6-15-10(14)9(13)5-12/h1-4,9,13H,5-6,12H2. The Hall–Kier alpha value is -0.910. The average Bonchev–Trinajstić information content (AvgIpc) is 2.26. The van der Waals surface area contributed by atoms with Crippen molar-refractivity contribution in [1.82, 2.24) is 0 Å². The third-order valence-electron chi connectivity index (χ3n) is 1.82. The number of benzene rings is 1. The molecule has 0 bridgehead atoms. The number of rotatable bonds is 4. The van der Waals surface area contributed by atoms with Gasteiger partial charge >= 0.3 is 5.97 Å². The number of aliphatic hydroxyl groups excluding tert-OH is 1. The van der Waals surface area contributed by atoms with Gasteiger partial charge in [-0.15, -0.1) is 0 Å². The van der Waals surface area contributed by atoms with E-state index in [1.165, 1.54) is 0 Å². The number of ether oxygens (including phenoxy) is 1. The van der Waals surface area contributed by atoms with Gasteiger partial charge in [0.15, 0.2) is 6.10 Å². The lowest BCUT2D eigenvalue weighted by atomic mass is 10.2. The first-order valence-electron chi connectivity index (χ1n) is 4.43. The average molecular weight is 274 g/mol. The lowest BCUT2D eigenvalue weighted by molar-refractivity contribution is -0.154. The van der Waals surface area contributed by atoms with E-state index in [0.29, 0.717) is 0 Å². The van der Waals surface area contributed by atoms with Gasteiger partial charge in [0, 0.05) is 16.6 Å². The van der Waals surface area contributed by atoms with E-state index in [1.807, 2.05) is 24.3 Å². The van der Waals surface area contributed by atoms with Crippen LogP contribution in [-0.2, 0) is 16.1 Å². The minimum atomic E-state index is -1.24. The van der Waals surface area contributed by atoms with Crippen LogP contribution in [0.15, 0.2) is 28.7 Å². The molecule has 0 aromatic heterocycles. The fraction of sp³-hybridized carbons (Fsp3) is 0.300. The molecule has 1 aromatic carbocycles. The molecular weight excluding hydrogens is 262 g/mol. The van der Waals surface area contributed by atoms with Crippen LogP contribution in [-0.4, -0.2) is 23.7 Å². The van der Waals surface area contributed by atoms with Crippen LogP contribution >= 0.6 is 15.9 Å². The lowest BCUT2D eigenvalue weighted by Crippen LogP contribution is -2.30. The molecule has 0 fully saturated rings. The Bertz CT molecular complexity index is 343. The van der Waals surface area contributed by atoms with Crippen molar-refractivity contribution in [2.75, 3.05) is 6.54 Å². The van der Waals surface area contributed by atoms with E-state index in [2.05, 4.69) is 15.9 Å². The molecule has 0 amide bonds. The first kappa shape index (κ1) is 12.2. The van der Waals surface area contributed by atoms with Crippen molar-refractivity contribution in [2.24, 2.45) is 5.73 Å². The number of aliphatic hydroxyl groups is 1. The maximum absolute atomic E-state index is 11.1. The summed E-state index contributed by atoms with van der Waals surface area (Å²) >= 11 is 3.32. The molecule has 1 rings (SSSR count). The second-order valence-corrected chi connectivity index (χ2v) is 3.80. The largest absolute Gasteiger partial charge is 0.459 e. The summed E-state index contributed by atoms with van der Waals surface area (Å²) in [6.07, 6.45) is -1.24. The van der Waals surface area contributed by atoms with Gasteiger partial charge in [0.25, 0.3) is 0 Å². The molecule has 0 aliphatic rings. The van der Waals surface area contributed by atoms with Gasteiger partial charge in [-0.25, -0.2) is 4.79 Å². The van der Waals surface area contributed by atoms with E-state index in [4.69, 9.17) is 15.6 Å². The zero-order chi connectivity index (χ0) is 11.3. The van der Waals surface area contributed by atoms with Crippen molar-refractivity contribution < 1.29 is 14.6 Å². The first-order valence-corrected chi connectivity index (χ1v) is 5.22. The van der Waals surface area contributed by atoms with Gasteiger partial charge < -0.3 is 15.6 Å². The molecule has 0 aliphatic heterocycles. The molecule has 0 radical (unpaired) electrons. The number of esters is 1. The molecular formula is C10H12BrNO3. The minimum Gasteiger partial charge on any atom is -0.459 e. The highest BCUT2D eigenvalue weighted by atomic mass is 79.9. The number of carbonyl (C=O) groups is 1. The second-order valence-electron chi connectivity index (χ2n) is 2.95. The Morgan fingerprint density at radius 1 is 1.53 bits per heavy atom. The zero-order valence-corrected chi connectivity index (χ0v) is 9.61. The van der Waals surface area contributed by atoms with Crippen molar-refractivity contribution in [3.63, 3.8) is 0 Å². The van der Waals surface area contributed by atoms with Crippen molar-refractivity contribution >= 4 is 21.9 Å². The monoisotopic (exact) mass is 273 g/mol. The molecule has 0 saturated heterocycles. The molecule has 0 spiro atoms. The Morgan fingerprint density at radius 2 is 2.20 bits per heavy atom. The molecule has 15 heavy (non-hydrogen) atoms. The quantitative estimate of drug-likeness (QED) is 0.797. The normalized spacial score (nSPS) is 12.2. The van der Waals surface area contributed by atoms with E-state index in [9.17, 15) is 4.79 Å². The Labute approximate surface area is 96.2 Å². The van der Waals surface area contributed by atoms with Gasteiger partial charge in [-0.1, -0.05) is 34.1 Å². The fourth-order valence-corrected chi connectivity index (χ4v) is 1.36. The maximum Gasteiger partial charge on any atom is 0.336 e. The first-order chi connectivity index (χ1) is 7.15. The summed E-state index contributed by atoms with van der Waals surface area (Å²) in [7, 11) is 0. The number of hydrogen-bond donors (Lipinski definition) is 2. The Balaban J connectivity index is 2.51. The van der Waals surface area contributed by atoms with Crippen molar-refractivity contribution in [3.8, 4) is 0 Å². The third kappa shape index (κ3) is 3.62. The summed E-state index contributed by atoms with van der Waals surface area (Å²) in [4.78, 5) is 11.1. The van der Waals surface area contributed by atoms with Gasteiger partial charge in [0.05, 0.1) is 0 Å². The van der Waals surface area contributed by atoms with Gasteiger partial charge in [0.2, 0.25) is 0 Å². The van der Waals surface area contributed by atoms with Crippen LogP contribution < -0.4 is 5.73 Å². The van der Waals surface area contributed by atoms with Crippen LogP contribution in [0.3, 0.4) is 0 Å². The molecule has 82 valence electrons. The molecule has 4 nitrogen and oxygen atoms in total. The van der Waals surface area contributed by atoms with Crippen LogP contribution in [0.25, 0.3) is 0 Å². The summed E-state index contributed by atoms with van der Waals surface area (Å²) in [6.45, 7) is -0.00783. The summed E-state index contributed by atoms with van der Waals surface area (Å²) in [6, 6.07) is 7.38. The minimum absolute atomic E-state index is 0.122. The van der Waals surface area contributed by atoms with Crippen LogP contribution in [0.5, 0.6) is 0 Å². The van der Waals surface area contributed by atoms with Crippen molar-refractivity contribution in [2.45, 2.75) is 12.7 Å². The lowest BCUT2D eigenvalue weighted by Gasteiger charge is -2.09. The van der Waals surface area contributed by atoms with Gasteiger partial charge in [-0.3, -0.25) is 0 Å². The molecule has 1 atom stereocenters. The predicted molar refractivity (Wildman–Crippen MR) is 59.0 cm³/mol. The summed E-state index contributed by atoms with van der Waals surface area (Å²) in [5.74, 6) is -0.701. The molecule has 0 aliphatic carbocycles. The van der Waals surface area contributed by atoms with E-state index in [1.54, 1.807) is 0 Å². The van der Waals surface area contributed by atoms with Crippen LogP contribution in [0.4, 0.5) is 0 Å². The van der Waals surface area contributed by atoms with E-state index in [0.717, 1.165) is 10.0 Å². The maximum atomic E-state index is 11.1. The number of nitrogens with two attached hydrogens (primary N) is 1. The van der Waals surface area contributed by atoms with E-state index in [-0.39, 0.29) is 13.2 Å². The number of hydrogen-bond acceptors (Lipinski definition) is 4. The van der Waals surface area contributed by atoms with Crippen molar-refractivity contribution in [1.29, 1.82) is 0 Å². The Kier molecular flexibility index (Phi) is 4.74. The van der Waals surface area contributed by atoms with Crippen LogP contribution in [0.2, 0.25) is 0 Å². The van der Waals surface area contributed by atoms with Crippen LogP contribution in [0, 0.1) is 0 Å². The topological polar surface area (TPSA) is 72.5 Å². The molecule has 1 unspecified atom stereocenters. The predicted octanol–water partition coefficient (Wildman–Crippen LogP) is 0.812. The summed E-state index contributed by atoms with van der Waals surface area (Å²) in [5.41, 5.74) is 5.95. The third-order valence-corrected chi connectivity index (χ3v) is 2.60. The van der Waals surface area contributed by atoms with E-state index < -0.39 is 12.1 Å². The number of halogens is 1. The summed E-state index contributed by atoms with van der Waals surface area (Å²) in [5, 5.41) is 9.06. The highest BCUT2D eigenvalue weighted by molar-refractivity contribution is 9.10. The van der Waals surface area contributed by atoms with Gasteiger partial charge in [-0.2, -0.15) is 0 Å². The van der Waals surface area contributed by atoms with Gasteiger partial charge in [0.1, 0.15) is 6.61 Å². The van der Waals surface area contributed by atoms with Crippen LogP contribution in [0.1, 0.15) is 5.56 Å². The highest BCUT2D eigenvalue weighted by Gasteiger charge is 2.14. The molecule has 3 N–H and O–H groups in total. The van der Waals surface area contributed by atoms with Crippen molar-refractivity contribution in [3.05, 3.63) is 34.3 Å². The SMILES string of the molecule is NCC(O)C(=O)OCc1ccccc1Br. The molecule has 5 heteroatoms. The Morgan fingerprint density at radius 3 is 2.80 bits per heavy atom. The smallest absolute Gasteiger partial charge is 0.336 e. The number of carbonyl (C=O) groups excluding carboxylic acids is 1. The molecule has 0 saturated carbocycles.